The van der Waals surface area contributed by atoms with E-state index in [0.29, 0.717) is 11.4 Å². The quantitative estimate of drug-likeness (QED) is 0.528. The molecule has 0 spiro atoms. The smallest absolute Gasteiger partial charge is 0.147 e. The summed E-state index contributed by atoms with van der Waals surface area (Å²) in [5.74, 6) is 0. The van der Waals surface area contributed by atoms with Gasteiger partial charge in [-0.3, -0.25) is 0 Å². The van der Waals surface area contributed by atoms with Crippen LogP contribution in [-0.2, 0) is 6.61 Å². The highest BCUT2D eigenvalue weighted by Gasteiger charge is 1.98. The fourth-order valence-electron chi connectivity index (χ4n) is 0.388. The van der Waals surface area contributed by atoms with Gasteiger partial charge in [0.1, 0.15) is 12.0 Å². The van der Waals surface area contributed by atoms with Crippen molar-refractivity contribution in [2.75, 3.05) is 5.73 Å². The predicted octanol–water partition coefficient (Wildman–Crippen LogP) is -0.251. The van der Waals surface area contributed by atoms with E-state index in [0.717, 1.165) is 0 Å². The number of rotatable bonds is 1. The first-order valence-corrected chi connectivity index (χ1v) is 2.14. The molecule has 0 aromatic carbocycles. The highest BCUT2D eigenvalue weighted by molar-refractivity contribution is 5.37. The topological polar surface area (TPSA) is 72.3 Å². The molecule has 44 valence electrons. The highest BCUT2D eigenvalue weighted by Crippen LogP contribution is 2.06. The van der Waals surface area contributed by atoms with Crippen LogP contribution in [0.1, 0.15) is 5.69 Å². The van der Waals surface area contributed by atoms with Crippen LogP contribution < -0.4 is 5.73 Å². The van der Waals surface area contributed by atoms with E-state index < -0.39 is 0 Å². The summed E-state index contributed by atoms with van der Waals surface area (Å²) in [6.07, 6.45) is 1.28. The third kappa shape index (κ3) is 0.651. The van der Waals surface area contributed by atoms with Gasteiger partial charge in [-0.15, -0.1) is 0 Å². The number of aromatic nitrogens is 1. The average molecular weight is 114 g/mol. The van der Waals surface area contributed by atoms with Crippen LogP contribution in [0.25, 0.3) is 0 Å². The minimum atomic E-state index is -0.164. The van der Waals surface area contributed by atoms with Gasteiger partial charge >= 0.3 is 0 Å². The maximum absolute atomic E-state index is 8.40. The second kappa shape index (κ2) is 1.83. The van der Waals surface area contributed by atoms with E-state index in [1.165, 1.54) is 6.26 Å². The molecule has 1 aromatic rings. The van der Waals surface area contributed by atoms with Crippen molar-refractivity contribution < 1.29 is 9.63 Å². The first-order chi connectivity index (χ1) is 3.84. The van der Waals surface area contributed by atoms with Crippen molar-refractivity contribution in [2.45, 2.75) is 6.61 Å². The molecule has 0 saturated heterocycles. The minimum Gasteiger partial charge on any atom is -0.394 e. The molecule has 4 heteroatoms. The van der Waals surface area contributed by atoms with E-state index in [-0.39, 0.29) is 6.61 Å². The van der Waals surface area contributed by atoms with Gasteiger partial charge in [0.2, 0.25) is 0 Å². The van der Waals surface area contributed by atoms with Crippen LogP contribution in [0.5, 0.6) is 0 Å². The lowest BCUT2D eigenvalue weighted by atomic mass is 10.4. The molecule has 0 aliphatic rings. The minimum absolute atomic E-state index is 0.164. The molecule has 0 fully saturated rings. The van der Waals surface area contributed by atoms with Crippen molar-refractivity contribution in [3.63, 3.8) is 0 Å². The second-order valence-corrected chi connectivity index (χ2v) is 1.37. The zero-order chi connectivity index (χ0) is 5.98. The first kappa shape index (κ1) is 5.11. The summed E-state index contributed by atoms with van der Waals surface area (Å²) in [7, 11) is 0. The molecule has 0 saturated carbocycles. The second-order valence-electron chi connectivity index (χ2n) is 1.37. The van der Waals surface area contributed by atoms with E-state index in [1.54, 1.807) is 0 Å². The lowest BCUT2D eigenvalue weighted by Crippen LogP contribution is -1.89. The van der Waals surface area contributed by atoms with E-state index in [9.17, 15) is 0 Å². The third-order valence-corrected chi connectivity index (χ3v) is 0.826. The third-order valence-electron chi connectivity index (χ3n) is 0.826. The van der Waals surface area contributed by atoms with E-state index >= 15 is 0 Å². The average Bonchev–Trinajstić information content (AvgIpc) is 2.14. The molecule has 0 amide bonds. The molecule has 0 aliphatic heterocycles. The molecule has 4 nitrogen and oxygen atoms in total. The van der Waals surface area contributed by atoms with Gasteiger partial charge in [0.15, 0.2) is 0 Å². The summed E-state index contributed by atoms with van der Waals surface area (Å²) >= 11 is 0. The Morgan fingerprint density at radius 3 is 2.88 bits per heavy atom. The number of nitrogen functional groups attached to an aromatic ring is 1. The number of anilines is 1. The summed E-state index contributed by atoms with van der Waals surface area (Å²) < 4.78 is 4.40. The van der Waals surface area contributed by atoms with Crippen LogP contribution in [0.15, 0.2) is 10.8 Å². The van der Waals surface area contributed by atoms with Crippen LogP contribution in [0.3, 0.4) is 0 Å². The van der Waals surface area contributed by atoms with Crippen molar-refractivity contribution in [3.8, 4) is 0 Å². The SMILES string of the molecule is Nc1conc1CO. The Morgan fingerprint density at radius 2 is 2.62 bits per heavy atom. The zero-order valence-corrected chi connectivity index (χ0v) is 4.16. The van der Waals surface area contributed by atoms with Gasteiger partial charge in [-0.1, -0.05) is 5.16 Å². The van der Waals surface area contributed by atoms with Gasteiger partial charge in [0.25, 0.3) is 0 Å². The van der Waals surface area contributed by atoms with Crippen molar-refractivity contribution in [1.82, 2.24) is 5.16 Å². The van der Waals surface area contributed by atoms with E-state index in [1.807, 2.05) is 0 Å². The van der Waals surface area contributed by atoms with Gasteiger partial charge < -0.3 is 15.4 Å². The van der Waals surface area contributed by atoms with Gasteiger partial charge in [-0.25, -0.2) is 0 Å². The van der Waals surface area contributed by atoms with Crippen LogP contribution >= 0.6 is 0 Å². The molecule has 0 atom stereocenters. The summed E-state index contributed by atoms with van der Waals surface area (Å²) in [4.78, 5) is 0. The van der Waals surface area contributed by atoms with Crippen molar-refractivity contribution in [2.24, 2.45) is 0 Å². The predicted molar refractivity (Wildman–Crippen MR) is 26.8 cm³/mol. The van der Waals surface area contributed by atoms with Gasteiger partial charge in [-0.2, -0.15) is 0 Å². The number of hydrogen-bond acceptors (Lipinski definition) is 4. The van der Waals surface area contributed by atoms with Crippen molar-refractivity contribution in [3.05, 3.63) is 12.0 Å². The molecule has 3 N–H and O–H groups in total. The Morgan fingerprint density at radius 1 is 1.88 bits per heavy atom. The number of aliphatic hydroxyl groups is 1. The molecular formula is C4H6N2O2. The molecule has 1 heterocycles. The van der Waals surface area contributed by atoms with Gasteiger partial charge in [0, 0.05) is 0 Å². The normalized spacial score (nSPS) is 9.62. The highest BCUT2D eigenvalue weighted by atomic mass is 16.5. The number of nitrogens with two attached hydrogens (primary N) is 1. The number of nitrogens with zero attached hydrogens (tertiary/aromatic N) is 1. The lowest BCUT2D eigenvalue weighted by molar-refractivity contribution is 0.267. The zero-order valence-electron chi connectivity index (χ0n) is 4.16. The molecule has 0 aliphatic carbocycles. The van der Waals surface area contributed by atoms with Gasteiger partial charge in [-0.05, 0) is 0 Å². The van der Waals surface area contributed by atoms with E-state index in [2.05, 4.69) is 9.68 Å². The van der Waals surface area contributed by atoms with Gasteiger partial charge in [0.05, 0.1) is 12.3 Å². The largest absolute Gasteiger partial charge is 0.394 e. The molecule has 0 bridgehead atoms. The van der Waals surface area contributed by atoms with Crippen molar-refractivity contribution >= 4 is 5.69 Å². The molecule has 0 unspecified atom stereocenters. The van der Waals surface area contributed by atoms with E-state index in [4.69, 9.17) is 10.8 Å². The fourth-order valence-corrected chi connectivity index (χ4v) is 0.388. The number of hydrogen-bond donors (Lipinski definition) is 2. The Bertz CT molecular complexity index is 172. The Kier molecular flexibility index (Phi) is 1.17. The molecular weight excluding hydrogens is 108 g/mol. The van der Waals surface area contributed by atoms with Crippen molar-refractivity contribution in [1.29, 1.82) is 0 Å². The molecule has 1 rings (SSSR count). The summed E-state index contributed by atoms with van der Waals surface area (Å²) in [6.45, 7) is -0.164. The Hall–Kier alpha value is -1.03. The maximum Gasteiger partial charge on any atom is 0.147 e. The summed E-state index contributed by atoms with van der Waals surface area (Å²) in [5, 5.41) is 11.8. The number of aliphatic hydroxyl groups excluding tert-OH is 1. The Labute approximate surface area is 45.9 Å². The summed E-state index contributed by atoms with van der Waals surface area (Å²) in [6, 6.07) is 0. The fraction of sp³-hybridized carbons (Fsp3) is 0.250. The molecule has 8 heavy (non-hydrogen) atoms. The summed E-state index contributed by atoms with van der Waals surface area (Å²) in [5.41, 5.74) is 6.02. The molecule has 1 aromatic heterocycles. The first-order valence-electron chi connectivity index (χ1n) is 2.14. The van der Waals surface area contributed by atoms with Crippen LogP contribution in [0.2, 0.25) is 0 Å². The maximum atomic E-state index is 8.40. The monoisotopic (exact) mass is 114 g/mol. The Balaban J connectivity index is 2.92. The van der Waals surface area contributed by atoms with Crippen LogP contribution in [0, 0.1) is 0 Å². The molecule has 0 radical (unpaired) electrons. The van der Waals surface area contributed by atoms with Crippen LogP contribution in [0.4, 0.5) is 5.69 Å². The lowest BCUT2D eigenvalue weighted by Gasteiger charge is -1.83. The van der Waals surface area contributed by atoms with Crippen LogP contribution in [-0.4, -0.2) is 10.3 Å². The standard InChI is InChI=1S/C4H6N2O2/c5-3-2-8-6-4(3)1-7/h2,7H,1,5H2.